The zero-order chi connectivity index (χ0) is 14.9. The first-order chi connectivity index (χ1) is 10.3. The lowest BCUT2D eigenvalue weighted by Crippen LogP contribution is -2.03. The molecule has 0 N–H and O–H groups in total. The van der Waals surface area contributed by atoms with Crippen molar-refractivity contribution >= 4 is 22.6 Å². The second-order valence-corrected chi connectivity index (χ2v) is 5.75. The zero-order valence-corrected chi connectivity index (χ0v) is 14.2. The van der Waals surface area contributed by atoms with E-state index in [2.05, 4.69) is 22.6 Å². The van der Waals surface area contributed by atoms with Crippen LogP contribution >= 0.6 is 22.6 Å². The van der Waals surface area contributed by atoms with Crippen molar-refractivity contribution in [2.75, 3.05) is 20.3 Å². The molecule has 0 radical (unpaired) electrons. The predicted octanol–water partition coefficient (Wildman–Crippen LogP) is 4.54. The number of hydrogen-bond acceptors (Lipinski definition) is 3. The summed E-state index contributed by atoms with van der Waals surface area (Å²) < 4.78 is 17.8. The largest absolute Gasteiger partial charge is 0.494 e. The maximum Gasteiger partial charge on any atom is 0.161 e. The summed E-state index contributed by atoms with van der Waals surface area (Å²) in [6.45, 7) is 1.37. The summed E-state index contributed by atoms with van der Waals surface area (Å²) in [6, 6.07) is 15.8. The summed E-state index contributed by atoms with van der Waals surface area (Å²) in [5, 5.41) is 0. The van der Waals surface area contributed by atoms with Crippen molar-refractivity contribution in [3.8, 4) is 17.2 Å². The minimum atomic E-state index is 0.663. The molecule has 2 aromatic carbocycles. The average molecular weight is 398 g/mol. The predicted molar refractivity (Wildman–Crippen MR) is 92.4 cm³/mol. The third-order valence-electron chi connectivity index (χ3n) is 2.95. The van der Waals surface area contributed by atoms with Crippen LogP contribution in [0.5, 0.6) is 17.2 Å². The molecule has 2 aromatic rings. The van der Waals surface area contributed by atoms with Crippen LogP contribution in [0.15, 0.2) is 48.5 Å². The topological polar surface area (TPSA) is 27.7 Å². The normalized spacial score (nSPS) is 10.2. The molecule has 0 saturated heterocycles. The Kier molecular flexibility index (Phi) is 6.66. The molecule has 0 bridgehead atoms. The Labute approximate surface area is 139 Å². The van der Waals surface area contributed by atoms with E-state index in [1.165, 1.54) is 3.57 Å². The Morgan fingerprint density at radius 1 is 0.810 bits per heavy atom. The molecule has 21 heavy (non-hydrogen) atoms. The van der Waals surface area contributed by atoms with Crippen molar-refractivity contribution in [1.29, 1.82) is 0 Å². The Bertz CT molecular complexity index is 540. The lowest BCUT2D eigenvalue weighted by molar-refractivity contribution is 0.258. The third kappa shape index (κ3) is 5.46. The first-order valence-electron chi connectivity index (χ1n) is 6.94. The molecule has 0 amide bonds. The highest BCUT2D eigenvalue weighted by molar-refractivity contribution is 14.1. The van der Waals surface area contributed by atoms with Crippen molar-refractivity contribution < 1.29 is 14.2 Å². The van der Waals surface area contributed by atoms with Crippen molar-refractivity contribution in [3.05, 3.63) is 52.1 Å². The van der Waals surface area contributed by atoms with E-state index in [0.717, 1.165) is 30.1 Å². The molecule has 3 nitrogen and oxygen atoms in total. The summed E-state index contributed by atoms with van der Waals surface area (Å²) in [5.74, 6) is 2.48. The number of unbranched alkanes of at least 4 members (excludes halogenated alkanes) is 1. The van der Waals surface area contributed by atoms with Crippen molar-refractivity contribution in [1.82, 2.24) is 0 Å². The van der Waals surface area contributed by atoms with Gasteiger partial charge in [-0.2, -0.15) is 0 Å². The Balaban J connectivity index is 1.63. The molecular formula is C17H19IO3. The van der Waals surface area contributed by atoms with Gasteiger partial charge in [0, 0.05) is 3.57 Å². The molecule has 0 saturated carbocycles. The van der Waals surface area contributed by atoms with E-state index in [0.29, 0.717) is 13.2 Å². The number of methoxy groups -OCH3 is 1. The molecule has 4 heteroatoms. The minimum absolute atomic E-state index is 0.663. The average Bonchev–Trinajstić information content (AvgIpc) is 2.53. The summed E-state index contributed by atoms with van der Waals surface area (Å²) >= 11 is 2.28. The van der Waals surface area contributed by atoms with Crippen LogP contribution in [0.25, 0.3) is 0 Å². The van der Waals surface area contributed by atoms with Gasteiger partial charge in [-0.15, -0.1) is 0 Å². The second kappa shape index (κ2) is 8.77. The van der Waals surface area contributed by atoms with E-state index in [4.69, 9.17) is 14.2 Å². The van der Waals surface area contributed by atoms with Crippen LogP contribution in [0.4, 0.5) is 0 Å². The van der Waals surface area contributed by atoms with Crippen LogP contribution in [0.3, 0.4) is 0 Å². The van der Waals surface area contributed by atoms with Gasteiger partial charge in [-0.25, -0.2) is 0 Å². The maximum absolute atomic E-state index is 5.71. The number of rotatable bonds is 8. The SMILES string of the molecule is COc1ccccc1OCCCCOc1ccc(I)cc1. The Hall–Kier alpha value is -1.43. The van der Waals surface area contributed by atoms with E-state index in [-0.39, 0.29) is 0 Å². The lowest BCUT2D eigenvalue weighted by Gasteiger charge is -2.10. The van der Waals surface area contributed by atoms with Crippen molar-refractivity contribution in [2.24, 2.45) is 0 Å². The number of halogens is 1. The molecular weight excluding hydrogens is 379 g/mol. The van der Waals surface area contributed by atoms with Crippen LogP contribution in [0.2, 0.25) is 0 Å². The number of para-hydroxylation sites is 2. The van der Waals surface area contributed by atoms with Gasteiger partial charge in [-0.05, 0) is 71.8 Å². The second-order valence-electron chi connectivity index (χ2n) is 4.51. The van der Waals surface area contributed by atoms with Gasteiger partial charge in [0.15, 0.2) is 11.5 Å². The van der Waals surface area contributed by atoms with Gasteiger partial charge < -0.3 is 14.2 Å². The van der Waals surface area contributed by atoms with E-state index < -0.39 is 0 Å². The number of ether oxygens (including phenoxy) is 3. The van der Waals surface area contributed by atoms with E-state index in [9.17, 15) is 0 Å². The Morgan fingerprint density at radius 3 is 2.10 bits per heavy atom. The van der Waals surface area contributed by atoms with Crippen molar-refractivity contribution in [2.45, 2.75) is 12.8 Å². The van der Waals surface area contributed by atoms with Gasteiger partial charge in [0.25, 0.3) is 0 Å². The van der Waals surface area contributed by atoms with Crippen LogP contribution < -0.4 is 14.2 Å². The van der Waals surface area contributed by atoms with Crippen LogP contribution in [-0.4, -0.2) is 20.3 Å². The molecule has 0 aliphatic heterocycles. The van der Waals surface area contributed by atoms with E-state index in [1.807, 2.05) is 48.5 Å². The van der Waals surface area contributed by atoms with Gasteiger partial charge in [-0.3, -0.25) is 0 Å². The molecule has 112 valence electrons. The fourth-order valence-corrected chi connectivity index (χ4v) is 2.20. The van der Waals surface area contributed by atoms with Gasteiger partial charge in [0.2, 0.25) is 0 Å². The molecule has 0 aromatic heterocycles. The maximum atomic E-state index is 5.71. The first kappa shape index (κ1) is 15.9. The number of hydrogen-bond donors (Lipinski definition) is 0. The number of benzene rings is 2. The third-order valence-corrected chi connectivity index (χ3v) is 3.67. The summed E-state index contributed by atoms with van der Waals surface area (Å²) in [4.78, 5) is 0. The van der Waals surface area contributed by atoms with Crippen LogP contribution in [0.1, 0.15) is 12.8 Å². The molecule has 0 heterocycles. The Morgan fingerprint density at radius 2 is 1.43 bits per heavy atom. The fourth-order valence-electron chi connectivity index (χ4n) is 1.85. The quantitative estimate of drug-likeness (QED) is 0.483. The van der Waals surface area contributed by atoms with E-state index >= 15 is 0 Å². The molecule has 0 spiro atoms. The molecule has 2 rings (SSSR count). The highest BCUT2D eigenvalue weighted by Gasteiger charge is 2.01. The first-order valence-corrected chi connectivity index (χ1v) is 8.01. The summed E-state index contributed by atoms with van der Waals surface area (Å²) in [7, 11) is 1.65. The van der Waals surface area contributed by atoms with Gasteiger partial charge in [0.05, 0.1) is 20.3 Å². The molecule has 0 aliphatic carbocycles. The smallest absolute Gasteiger partial charge is 0.161 e. The molecule has 0 aliphatic rings. The van der Waals surface area contributed by atoms with Gasteiger partial charge in [0.1, 0.15) is 5.75 Å². The highest BCUT2D eigenvalue weighted by atomic mass is 127. The standard InChI is InChI=1S/C17H19IO3/c1-19-16-6-2-3-7-17(16)21-13-5-4-12-20-15-10-8-14(18)9-11-15/h2-3,6-11H,4-5,12-13H2,1H3. The minimum Gasteiger partial charge on any atom is -0.494 e. The molecule has 0 fully saturated rings. The lowest BCUT2D eigenvalue weighted by atomic mass is 10.3. The summed E-state index contributed by atoms with van der Waals surface area (Å²) in [5.41, 5.74) is 0. The molecule has 0 atom stereocenters. The van der Waals surface area contributed by atoms with Gasteiger partial charge in [-0.1, -0.05) is 12.1 Å². The summed E-state index contributed by atoms with van der Waals surface area (Å²) in [6.07, 6.45) is 1.91. The fraction of sp³-hybridized carbons (Fsp3) is 0.294. The van der Waals surface area contributed by atoms with E-state index in [1.54, 1.807) is 7.11 Å². The monoisotopic (exact) mass is 398 g/mol. The highest BCUT2D eigenvalue weighted by Crippen LogP contribution is 2.25. The van der Waals surface area contributed by atoms with Crippen LogP contribution in [0, 0.1) is 3.57 Å². The van der Waals surface area contributed by atoms with Crippen molar-refractivity contribution in [3.63, 3.8) is 0 Å². The zero-order valence-electron chi connectivity index (χ0n) is 12.0. The molecule has 0 unspecified atom stereocenters. The van der Waals surface area contributed by atoms with Crippen LogP contribution in [-0.2, 0) is 0 Å². The van der Waals surface area contributed by atoms with Gasteiger partial charge >= 0.3 is 0 Å².